The highest BCUT2D eigenvalue weighted by Crippen LogP contribution is 2.41. The molecule has 1 aromatic carbocycles. The Bertz CT molecular complexity index is 423. The van der Waals surface area contributed by atoms with E-state index in [1.165, 1.54) is 0 Å². The number of halogens is 1. The topological polar surface area (TPSA) is 42.2 Å². The number of benzene rings is 1. The van der Waals surface area contributed by atoms with Crippen molar-refractivity contribution >= 4 is 15.9 Å². The van der Waals surface area contributed by atoms with Crippen molar-refractivity contribution in [3.63, 3.8) is 0 Å². The Morgan fingerprint density at radius 1 is 1.57 bits per heavy atom. The van der Waals surface area contributed by atoms with Crippen LogP contribution in [0.25, 0.3) is 0 Å². The molecule has 0 spiro atoms. The lowest BCUT2D eigenvalue weighted by Crippen LogP contribution is -1.93. The van der Waals surface area contributed by atoms with Gasteiger partial charge in [-0.25, -0.2) is 0 Å². The van der Waals surface area contributed by atoms with E-state index in [-0.39, 0.29) is 6.79 Å². The molecule has 0 aliphatic carbocycles. The summed E-state index contributed by atoms with van der Waals surface area (Å²) in [6.07, 6.45) is 0.373. The molecule has 1 aliphatic rings. The summed E-state index contributed by atoms with van der Waals surface area (Å²) < 4.78 is 11.5. The van der Waals surface area contributed by atoms with Gasteiger partial charge in [-0.05, 0) is 18.6 Å². The first-order valence-corrected chi connectivity index (χ1v) is 4.98. The molecule has 3 nitrogen and oxygen atoms in total. The van der Waals surface area contributed by atoms with E-state index in [9.17, 15) is 0 Å². The highest BCUT2D eigenvalue weighted by Gasteiger charge is 2.20. The molecular weight excluding hydrogens is 246 g/mol. The van der Waals surface area contributed by atoms with Crippen LogP contribution in [-0.2, 0) is 6.42 Å². The summed E-state index contributed by atoms with van der Waals surface area (Å²) in [7, 11) is 0. The van der Waals surface area contributed by atoms with Crippen LogP contribution in [0.2, 0.25) is 0 Å². The van der Waals surface area contributed by atoms with Crippen molar-refractivity contribution in [2.45, 2.75) is 13.3 Å². The quantitative estimate of drug-likeness (QED) is 0.773. The molecule has 1 aromatic rings. The van der Waals surface area contributed by atoms with E-state index in [4.69, 9.17) is 14.7 Å². The molecule has 0 atom stereocenters. The number of rotatable bonds is 1. The molecule has 0 aromatic heterocycles. The molecule has 0 saturated carbocycles. The predicted molar refractivity (Wildman–Crippen MR) is 54.3 cm³/mol. The minimum absolute atomic E-state index is 0.263. The molecule has 4 heteroatoms. The molecule has 2 rings (SSSR count). The predicted octanol–water partition coefficient (Wildman–Crippen LogP) is 2.55. The molecule has 0 N–H and O–H groups in total. The Hall–Kier alpha value is -1.21. The van der Waals surface area contributed by atoms with E-state index in [0.717, 1.165) is 27.1 Å². The number of ether oxygens (including phenoxy) is 2. The van der Waals surface area contributed by atoms with Crippen LogP contribution >= 0.6 is 15.9 Å². The molecule has 0 radical (unpaired) electrons. The third kappa shape index (κ3) is 1.34. The van der Waals surface area contributed by atoms with Gasteiger partial charge in [-0.3, -0.25) is 0 Å². The summed E-state index contributed by atoms with van der Waals surface area (Å²) in [6, 6.07) is 3.97. The van der Waals surface area contributed by atoms with Crippen molar-refractivity contribution in [3.05, 3.63) is 21.7 Å². The van der Waals surface area contributed by atoms with Crippen LogP contribution in [0.1, 0.15) is 11.1 Å². The maximum atomic E-state index is 8.64. The van der Waals surface area contributed by atoms with Gasteiger partial charge in [0.2, 0.25) is 6.79 Å². The van der Waals surface area contributed by atoms with Gasteiger partial charge in [0.1, 0.15) is 0 Å². The number of nitrogens with zero attached hydrogens (tertiary/aromatic N) is 1. The number of fused-ring (bicyclic) bond motifs is 1. The average molecular weight is 254 g/mol. The second kappa shape index (κ2) is 3.50. The standard InChI is InChI=1S/C10H8BrNO2/c1-6-9(11)7(2-3-12)4-8-10(6)14-5-13-8/h4H,2,5H2,1H3. The van der Waals surface area contributed by atoms with E-state index < -0.39 is 0 Å². The largest absolute Gasteiger partial charge is 0.454 e. The molecule has 0 bridgehead atoms. The molecule has 0 amide bonds. The first-order valence-electron chi connectivity index (χ1n) is 4.18. The Morgan fingerprint density at radius 2 is 2.36 bits per heavy atom. The molecular formula is C10H8BrNO2. The fraction of sp³-hybridized carbons (Fsp3) is 0.300. The molecule has 1 heterocycles. The summed E-state index contributed by atoms with van der Waals surface area (Å²) in [6.45, 7) is 2.21. The second-order valence-corrected chi connectivity index (χ2v) is 3.84. The first kappa shape index (κ1) is 9.35. The van der Waals surface area contributed by atoms with Gasteiger partial charge in [-0.15, -0.1) is 0 Å². The average Bonchev–Trinajstić information content (AvgIpc) is 2.62. The zero-order chi connectivity index (χ0) is 10.1. The van der Waals surface area contributed by atoms with Crippen LogP contribution in [0.5, 0.6) is 11.5 Å². The van der Waals surface area contributed by atoms with Crippen LogP contribution in [0.4, 0.5) is 0 Å². The fourth-order valence-electron chi connectivity index (χ4n) is 1.46. The zero-order valence-corrected chi connectivity index (χ0v) is 9.22. The normalized spacial score (nSPS) is 12.6. The monoisotopic (exact) mass is 253 g/mol. The Labute approximate surface area is 90.4 Å². The van der Waals surface area contributed by atoms with Crippen molar-refractivity contribution < 1.29 is 9.47 Å². The third-order valence-electron chi connectivity index (χ3n) is 2.17. The molecule has 1 aliphatic heterocycles. The summed E-state index contributed by atoms with van der Waals surface area (Å²) in [4.78, 5) is 0. The van der Waals surface area contributed by atoms with Crippen LogP contribution < -0.4 is 9.47 Å². The van der Waals surface area contributed by atoms with Gasteiger partial charge in [-0.1, -0.05) is 15.9 Å². The maximum absolute atomic E-state index is 8.64. The molecule has 0 saturated heterocycles. The SMILES string of the molecule is Cc1c(Br)c(CC#N)cc2c1OCO2. The summed E-state index contributed by atoms with van der Waals surface area (Å²) in [5.41, 5.74) is 1.93. The van der Waals surface area contributed by atoms with Crippen LogP contribution in [0.3, 0.4) is 0 Å². The van der Waals surface area contributed by atoms with Gasteiger partial charge in [0.05, 0.1) is 12.5 Å². The molecule has 0 unspecified atom stereocenters. The van der Waals surface area contributed by atoms with Crippen LogP contribution in [0, 0.1) is 18.3 Å². The Kier molecular flexibility index (Phi) is 2.34. The number of nitriles is 1. The lowest BCUT2D eigenvalue weighted by atomic mass is 10.1. The van der Waals surface area contributed by atoms with E-state index in [2.05, 4.69) is 22.0 Å². The smallest absolute Gasteiger partial charge is 0.231 e. The summed E-state index contributed by atoms with van der Waals surface area (Å²) in [5, 5.41) is 8.64. The van der Waals surface area contributed by atoms with Gasteiger partial charge >= 0.3 is 0 Å². The number of hydrogen-bond acceptors (Lipinski definition) is 3. The zero-order valence-electron chi connectivity index (χ0n) is 7.63. The highest BCUT2D eigenvalue weighted by molar-refractivity contribution is 9.10. The minimum atomic E-state index is 0.263. The van der Waals surface area contributed by atoms with Crippen molar-refractivity contribution in [1.82, 2.24) is 0 Å². The maximum Gasteiger partial charge on any atom is 0.231 e. The molecule has 14 heavy (non-hydrogen) atoms. The van der Waals surface area contributed by atoms with Crippen LogP contribution in [0.15, 0.2) is 10.5 Å². The van der Waals surface area contributed by atoms with Gasteiger partial charge in [0, 0.05) is 10.0 Å². The van der Waals surface area contributed by atoms with Gasteiger partial charge < -0.3 is 9.47 Å². The van der Waals surface area contributed by atoms with E-state index >= 15 is 0 Å². The molecule has 72 valence electrons. The lowest BCUT2D eigenvalue weighted by molar-refractivity contribution is 0.173. The van der Waals surface area contributed by atoms with Crippen LogP contribution in [-0.4, -0.2) is 6.79 Å². The third-order valence-corrected chi connectivity index (χ3v) is 3.27. The van der Waals surface area contributed by atoms with E-state index in [0.29, 0.717) is 6.42 Å². The van der Waals surface area contributed by atoms with E-state index in [1.54, 1.807) is 0 Å². The van der Waals surface area contributed by atoms with Gasteiger partial charge in [0.25, 0.3) is 0 Å². The highest BCUT2D eigenvalue weighted by atomic mass is 79.9. The second-order valence-electron chi connectivity index (χ2n) is 3.04. The van der Waals surface area contributed by atoms with Gasteiger partial charge in [-0.2, -0.15) is 5.26 Å². The minimum Gasteiger partial charge on any atom is -0.454 e. The summed E-state index contributed by atoms with van der Waals surface area (Å²) >= 11 is 3.45. The van der Waals surface area contributed by atoms with Crippen molar-refractivity contribution in [2.24, 2.45) is 0 Å². The van der Waals surface area contributed by atoms with Gasteiger partial charge in [0.15, 0.2) is 11.5 Å². The fourth-order valence-corrected chi connectivity index (χ4v) is 1.90. The van der Waals surface area contributed by atoms with E-state index in [1.807, 2.05) is 13.0 Å². The lowest BCUT2D eigenvalue weighted by Gasteiger charge is -2.07. The van der Waals surface area contributed by atoms with Crippen molar-refractivity contribution in [1.29, 1.82) is 5.26 Å². The Balaban J connectivity index is 2.56. The van der Waals surface area contributed by atoms with Crippen molar-refractivity contribution in [3.8, 4) is 17.6 Å². The van der Waals surface area contributed by atoms with Crippen molar-refractivity contribution in [2.75, 3.05) is 6.79 Å². The number of hydrogen-bond donors (Lipinski definition) is 0. The Morgan fingerprint density at radius 3 is 3.07 bits per heavy atom. The first-order chi connectivity index (χ1) is 6.74. The molecule has 0 fully saturated rings. The summed E-state index contributed by atoms with van der Waals surface area (Å²) in [5.74, 6) is 1.51.